The van der Waals surface area contributed by atoms with Crippen LogP contribution in [0.25, 0.3) is 0 Å². The lowest BCUT2D eigenvalue weighted by Gasteiger charge is -2.14. The van der Waals surface area contributed by atoms with Crippen LogP contribution in [-0.2, 0) is 19.4 Å². The van der Waals surface area contributed by atoms with E-state index in [1.54, 1.807) is 0 Å². The summed E-state index contributed by atoms with van der Waals surface area (Å²) in [5.41, 5.74) is 5.73. The number of halogens is 1. The number of amides is 1. The molecule has 1 aromatic carbocycles. The summed E-state index contributed by atoms with van der Waals surface area (Å²) in [4.78, 5) is 11.9. The number of methoxy groups -OCH3 is 1. The Bertz CT molecular complexity index is 589. The maximum absolute atomic E-state index is 12.9. The number of rotatable bonds is 6. The summed E-state index contributed by atoms with van der Waals surface area (Å²) in [5, 5.41) is 1.12. The lowest BCUT2D eigenvalue weighted by molar-refractivity contribution is -0.115. The Morgan fingerprint density at radius 1 is 1.50 bits per heavy atom. The van der Waals surface area contributed by atoms with Crippen LogP contribution in [0.3, 0.4) is 0 Å². The van der Waals surface area contributed by atoms with Crippen LogP contribution in [0.4, 0.5) is 15.8 Å². The standard InChI is InChI=1S/C12H17FN2O4S/c1-8(20(17,18)6-5-19-2)12(16)15-11-4-3-9(13)7-10(11)14/h3-4,7-8H,5-6,14H2,1-2H3,(H,15,16). The first-order valence-electron chi connectivity index (χ1n) is 5.84. The number of benzene rings is 1. The van der Waals surface area contributed by atoms with Gasteiger partial charge in [0.2, 0.25) is 5.91 Å². The first-order valence-corrected chi connectivity index (χ1v) is 7.56. The molecule has 1 aromatic rings. The summed E-state index contributed by atoms with van der Waals surface area (Å²) in [6.45, 7) is 1.29. The number of carbonyl (C=O) groups is 1. The Balaban J connectivity index is 2.80. The SMILES string of the molecule is COCCS(=O)(=O)C(C)C(=O)Nc1ccc(F)cc1N. The Morgan fingerprint density at radius 2 is 2.15 bits per heavy atom. The van der Waals surface area contributed by atoms with Gasteiger partial charge in [-0.2, -0.15) is 0 Å². The Kier molecular flexibility index (Phi) is 5.46. The second-order valence-electron chi connectivity index (χ2n) is 4.22. The van der Waals surface area contributed by atoms with Crippen molar-refractivity contribution in [2.24, 2.45) is 0 Å². The number of hydrogen-bond donors (Lipinski definition) is 2. The molecular formula is C12H17FN2O4S. The van der Waals surface area contributed by atoms with Crippen molar-refractivity contribution >= 4 is 27.1 Å². The van der Waals surface area contributed by atoms with Crippen molar-refractivity contribution in [2.75, 3.05) is 30.5 Å². The van der Waals surface area contributed by atoms with E-state index < -0.39 is 26.8 Å². The normalized spacial score (nSPS) is 12.9. The molecule has 0 bridgehead atoms. The van der Waals surface area contributed by atoms with E-state index in [0.717, 1.165) is 12.1 Å². The molecule has 0 aliphatic heterocycles. The predicted octanol–water partition coefficient (Wildman–Crippen LogP) is 0.796. The highest BCUT2D eigenvalue weighted by Gasteiger charge is 2.27. The van der Waals surface area contributed by atoms with Gasteiger partial charge < -0.3 is 15.8 Å². The van der Waals surface area contributed by atoms with Crippen molar-refractivity contribution in [3.05, 3.63) is 24.0 Å². The third-order valence-corrected chi connectivity index (χ3v) is 4.78. The van der Waals surface area contributed by atoms with Crippen molar-refractivity contribution in [1.82, 2.24) is 0 Å². The van der Waals surface area contributed by atoms with Gasteiger partial charge in [0.05, 0.1) is 23.7 Å². The predicted molar refractivity (Wildman–Crippen MR) is 74.6 cm³/mol. The highest BCUT2D eigenvalue weighted by atomic mass is 32.2. The molecule has 0 spiro atoms. The zero-order chi connectivity index (χ0) is 15.3. The largest absolute Gasteiger partial charge is 0.397 e. The van der Waals surface area contributed by atoms with Crippen LogP contribution in [0, 0.1) is 5.82 Å². The molecule has 8 heteroatoms. The number of nitrogens with one attached hydrogen (secondary N) is 1. The summed E-state index contributed by atoms with van der Waals surface area (Å²) in [5.74, 6) is -1.52. The fraction of sp³-hybridized carbons (Fsp3) is 0.417. The van der Waals surface area contributed by atoms with Crippen LogP contribution in [-0.4, -0.2) is 39.0 Å². The molecule has 1 rings (SSSR count). The van der Waals surface area contributed by atoms with Crippen LogP contribution in [0.15, 0.2) is 18.2 Å². The number of nitrogen functional groups attached to an aromatic ring is 1. The van der Waals surface area contributed by atoms with Gasteiger partial charge in [0, 0.05) is 7.11 Å². The minimum atomic E-state index is -3.61. The third-order valence-electron chi connectivity index (χ3n) is 2.75. The van der Waals surface area contributed by atoms with E-state index in [9.17, 15) is 17.6 Å². The van der Waals surface area contributed by atoms with E-state index in [1.165, 1.54) is 20.1 Å². The highest BCUT2D eigenvalue weighted by Crippen LogP contribution is 2.20. The van der Waals surface area contributed by atoms with Gasteiger partial charge in [-0.25, -0.2) is 12.8 Å². The summed E-state index contributed by atoms with van der Waals surface area (Å²) in [6.07, 6.45) is 0. The Labute approximate surface area is 117 Å². The van der Waals surface area contributed by atoms with E-state index in [4.69, 9.17) is 5.73 Å². The minimum Gasteiger partial charge on any atom is -0.397 e. The summed E-state index contributed by atoms with van der Waals surface area (Å²) in [7, 11) is -2.24. The number of anilines is 2. The first-order chi connectivity index (χ1) is 9.27. The van der Waals surface area contributed by atoms with E-state index >= 15 is 0 Å². The van der Waals surface area contributed by atoms with Crippen molar-refractivity contribution in [2.45, 2.75) is 12.2 Å². The van der Waals surface area contributed by atoms with Gasteiger partial charge in [0.15, 0.2) is 9.84 Å². The molecule has 1 unspecified atom stereocenters. The fourth-order valence-electron chi connectivity index (χ4n) is 1.42. The number of sulfone groups is 1. The van der Waals surface area contributed by atoms with Crippen molar-refractivity contribution in [3.63, 3.8) is 0 Å². The second-order valence-corrected chi connectivity index (χ2v) is 6.66. The highest BCUT2D eigenvalue weighted by molar-refractivity contribution is 7.92. The third kappa shape index (κ3) is 4.17. The van der Waals surface area contributed by atoms with Gasteiger partial charge in [-0.05, 0) is 25.1 Å². The lowest BCUT2D eigenvalue weighted by Crippen LogP contribution is -2.35. The van der Waals surface area contributed by atoms with Crippen LogP contribution in [0.1, 0.15) is 6.92 Å². The smallest absolute Gasteiger partial charge is 0.242 e. The molecule has 20 heavy (non-hydrogen) atoms. The summed E-state index contributed by atoms with van der Waals surface area (Å²) in [6, 6.07) is 3.44. The van der Waals surface area contributed by atoms with Gasteiger partial charge in [-0.1, -0.05) is 0 Å². The molecule has 0 fully saturated rings. The van der Waals surface area contributed by atoms with E-state index in [1.807, 2.05) is 0 Å². The molecule has 0 radical (unpaired) electrons. The number of carbonyl (C=O) groups excluding carboxylic acids is 1. The first kappa shape index (κ1) is 16.4. The lowest BCUT2D eigenvalue weighted by atomic mass is 10.2. The molecular weight excluding hydrogens is 287 g/mol. The van der Waals surface area contributed by atoms with Crippen LogP contribution in [0.5, 0.6) is 0 Å². The monoisotopic (exact) mass is 304 g/mol. The molecule has 6 nitrogen and oxygen atoms in total. The molecule has 0 aliphatic carbocycles. The van der Waals surface area contributed by atoms with Gasteiger partial charge in [0.1, 0.15) is 11.1 Å². The molecule has 1 atom stereocenters. The van der Waals surface area contributed by atoms with Crippen molar-refractivity contribution in [3.8, 4) is 0 Å². The van der Waals surface area contributed by atoms with E-state index in [2.05, 4.69) is 10.1 Å². The molecule has 0 aliphatic rings. The quantitative estimate of drug-likeness (QED) is 0.757. The van der Waals surface area contributed by atoms with E-state index in [-0.39, 0.29) is 23.7 Å². The van der Waals surface area contributed by atoms with Crippen LogP contribution in [0.2, 0.25) is 0 Å². The second kappa shape index (κ2) is 6.67. The maximum atomic E-state index is 12.9. The average molecular weight is 304 g/mol. The van der Waals surface area contributed by atoms with Crippen molar-refractivity contribution < 1.29 is 22.3 Å². The number of ether oxygens (including phenoxy) is 1. The summed E-state index contributed by atoms with van der Waals surface area (Å²) >= 11 is 0. The molecule has 1 amide bonds. The van der Waals surface area contributed by atoms with Crippen LogP contribution >= 0.6 is 0 Å². The molecule has 0 saturated carbocycles. The van der Waals surface area contributed by atoms with Gasteiger partial charge >= 0.3 is 0 Å². The van der Waals surface area contributed by atoms with E-state index in [0.29, 0.717) is 0 Å². The fourth-order valence-corrected chi connectivity index (χ4v) is 2.56. The number of nitrogens with two attached hydrogens (primary N) is 1. The average Bonchev–Trinajstić information content (AvgIpc) is 2.38. The van der Waals surface area contributed by atoms with Crippen LogP contribution < -0.4 is 11.1 Å². The molecule has 0 heterocycles. The molecule has 3 N–H and O–H groups in total. The zero-order valence-electron chi connectivity index (χ0n) is 11.2. The zero-order valence-corrected chi connectivity index (χ0v) is 12.0. The van der Waals surface area contributed by atoms with Gasteiger partial charge in [-0.15, -0.1) is 0 Å². The number of hydrogen-bond acceptors (Lipinski definition) is 5. The molecule has 112 valence electrons. The van der Waals surface area contributed by atoms with Crippen molar-refractivity contribution in [1.29, 1.82) is 0 Å². The van der Waals surface area contributed by atoms with Gasteiger partial charge in [0.25, 0.3) is 0 Å². The maximum Gasteiger partial charge on any atom is 0.242 e. The minimum absolute atomic E-state index is 0.0125. The Hall–Kier alpha value is -1.67. The molecule has 0 saturated heterocycles. The molecule has 0 aromatic heterocycles. The topological polar surface area (TPSA) is 98.5 Å². The van der Waals surface area contributed by atoms with Gasteiger partial charge in [-0.3, -0.25) is 4.79 Å². The Morgan fingerprint density at radius 3 is 2.70 bits per heavy atom. The summed E-state index contributed by atoms with van der Waals surface area (Å²) < 4.78 is 41.2.